The number of nitro groups is 1. The van der Waals surface area contributed by atoms with E-state index in [1.54, 1.807) is 17.0 Å². The third-order valence-electron chi connectivity index (χ3n) is 5.28. The van der Waals surface area contributed by atoms with Crippen molar-refractivity contribution in [3.63, 3.8) is 0 Å². The van der Waals surface area contributed by atoms with Gasteiger partial charge in [0.25, 0.3) is 11.6 Å². The van der Waals surface area contributed by atoms with Crippen LogP contribution >= 0.6 is 0 Å². The number of hydrogen-bond acceptors (Lipinski definition) is 5. The van der Waals surface area contributed by atoms with Gasteiger partial charge in [0.05, 0.1) is 18.1 Å². The number of methoxy groups -OCH3 is 1. The van der Waals surface area contributed by atoms with Crippen molar-refractivity contribution < 1.29 is 14.5 Å². The average molecular weight is 397 g/mol. The highest BCUT2D eigenvalue weighted by Gasteiger charge is 2.27. The van der Waals surface area contributed by atoms with Crippen LogP contribution in [0.25, 0.3) is 0 Å². The minimum Gasteiger partial charge on any atom is -0.496 e. The van der Waals surface area contributed by atoms with Crippen LogP contribution in [0.3, 0.4) is 0 Å². The Bertz CT molecular complexity index is 895. The Morgan fingerprint density at radius 3 is 2.17 bits per heavy atom. The first-order chi connectivity index (χ1) is 13.7. The third kappa shape index (κ3) is 4.50. The minimum atomic E-state index is -0.397. The summed E-state index contributed by atoms with van der Waals surface area (Å²) < 4.78 is 5.10. The zero-order chi connectivity index (χ0) is 21.2. The summed E-state index contributed by atoms with van der Waals surface area (Å²) in [5, 5.41) is 11.4. The maximum Gasteiger partial charge on any atom is 0.296 e. The summed E-state index contributed by atoms with van der Waals surface area (Å²) >= 11 is 0. The first-order valence-corrected chi connectivity index (χ1v) is 9.68. The second-order valence-corrected chi connectivity index (χ2v) is 8.22. The fraction of sp³-hybridized carbons (Fsp3) is 0.409. The van der Waals surface area contributed by atoms with Gasteiger partial charge in [-0.2, -0.15) is 0 Å². The van der Waals surface area contributed by atoms with E-state index >= 15 is 0 Å². The molecule has 7 heteroatoms. The van der Waals surface area contributed by atoms with E-state index in [0.29, 0.717) is 43.2 Å². The van der Waals surface area contributed by atoms with Gasteiger partial charge in [0.15, 0.2) is 0 Å². The zero-order valence-electron chi connectivity index (χ0n) is 17.3. The molecule has 1 aliphatic rings. The van der Waals surface area contributed by atoms with Gasteiger partial charge in [0, 0.05) is 31.7 Å². The number of hydrogen-bond donors (Lipinski definition) is 0. The van der Waals surface area contributed by atoms with Crippen LogP contribution < -0.4 is 9.64 Å². The highest BCUT2D eigenvalue weighted by Crippen LogP contribution is 2.32. The lowest BCUT2D eigenvalue weighted by molar-refractivity contribution is -0.384. The summed E-state index contributed by atoms with van der Waals surface area (Å²) in [6.45, 7) is 8.54. The first-order valence-electron chi connectivity index (χ1n) is 9.68. The third-order valence-corrected chi connectivity index (χ3v) is 5.28. The number of rotatable bonds is 4. The van der Waals surface area contributed by atoms with E-state index in [0.717, 1.165) is 0 Å². The molecule has 0 radical (unpaired) electrons. The molecule has 0 N–H and O–H groups in total. The van der Waals surface area contributed by atoms with Crippen molar-refractivity contribution in [2.75, 3.05) is 38.2 Å². The zero-order valence-corrected chi connectivity index (χ0v) is 17.3. The number of nitrogens with zero attached hydrogens (tertiary/aromatic N) is 3. The Kier molecular flexibility index (Phi) is 5.77. The van der Waals surface area contributed by atoms with Crippen LogP contribution in [0.4, 0.5) is 11.4 Å². The van der Waals surface area contributed by atoms with Crippen LogP contribution in [-0.4, -0.2) is 49.0 Å². The second-order valence-electron chi connectivity index (χ2n) is 8.22. The SMILES string of the molecule is COc1ccc(N2CCN(C(=O)c3ccc(C(C)(C)C)cc3)CC2)c([N+](=O)[O-])c1. The van der Waals surface area contributed by atoms with Crippen LogP contribution in [0.15, 0.2) is 42.5 Å². The van der Waals surface area contributed by atoms with E-state index < -0.39 is 4.92 Å². The Hall–Kier alpha value is -3.09. The van der Waals surface area contributed by atoms with Gasteiger partial charge in [-0.25, -0.2) is 0 Å². The van der Waals surface area contributed by atoms with Crippen molar-refractivity contribution in [3.05, 3.63) is 63.7 Å². The number of ether oxygens (including phenoxy) is 1. The van der Waals surface area contributed by atoms with Crippen molar-refractivity contribution in [2.24, 2.45) is 0 Å². The number of carbonyl (C=O) groups is 1. The molecule has 0 aliphatic carbocycles. The van der Waals surface area contributed by atoms with E-state index in [1.165, 1.54) is 18.7 Å². The summed E-state index contributed by atoms with van der Waals surface area (Å²) in [4.78, 5) is 27.6. The molecule has 1 aliphatic heterocycles. The van der Waals surface area contributed by atoms with Gasteiger partial charge >= 0.3 is 0 Å². The molecule has 154 valence electrons. The fourth-order valence-corrected chi connectivity index (χ4v) is 3.49. The molecule has 29 heavy (non-hydrogen) atoms. The van der Waals surface area contributed by atoms with E-state index in [-0.39, 0.29) is 17.0 Å². The Morgan fingerprint density at radius 2 is 1.66 bits per heavy atom. The largest absolute Gasteiger partial charge is 0.496 e. The molecule has 0 atom stereocenters. The molecule has 2 aromatic rings. The lowest BCUT2D eigenvalue weighted by atomic mass is 9.86. The number of amides is 1. The fourth-order valence-electron chi connectivity index (χ4n) is 3.49. The van der Waals surface area contributed by atoms with Crippen molar-refractivity contribution in [2.45, 2.75) is 26.2 Å². The quantitative estimate of drug-likeness (QED) is 0.578. The van der Waals surface area contributed by atoms with Crippen LogP contribution in [0.1, 0.15) is 36.7 Å². The predicted octanol–water partition coefficient (Wildman–Crippen LogP) is 3.86. The molecule has 0 bridgehead atoms. The molecule has 3 rings (SSSR count). The van der Waals surface area contributed by atoms with Gasteiger partial charge in [0.2, 0.25) is 0 Å². The first kappa shape index (κ1) is 20.6. The van der Waals surface area contributed by atoms with Crippen molar-refractivity contribution in [1.82, 2.24) is 4.90 Å². The van der Waals surface area contributed by atoms with Gasteiger partial charge in [-0.05, 0) is 35.2 Å². The summed E-state index contributed by atoms with van der Waals surface area (Å²) in [5.74, 6) is 0.447. The van der Waals surface area contributed by atoms with Crippen LogP contribution in [0, 0.1) is 10.1 Å². The maximum atomic E-state index is 12.8. The molecule has 7 nitrogen and oxygen atoms in total. The molecule has 0 unspecified atom stereocenters. The molecule has 1 heterocycles. The lowest BCUT2D eigenvalue weighted by Gasteiger charge is -2.36. The molecule has 0 saturated carbocycles. The molecule has 1 saturated heterocycles. The molecule has 2 aromatic carbocycles. The summed E-state index contributed by atoms with van der Waals surface area (Å²) in [5.41, 5.74) is 2.46. The standard InChI is InChI=1S/C22H27N3O4/c1-22(2,3)17-7-5-16(6-8-17)21(26)24-13-11-23(12-14-24)19-10-9-18(29-4)15-20(19)25(27)28/h5-10,15H,11-14H2,1-4H3. The van der Waals surface area contributed by atoms with E-state index in [9.17, 15) is 14.9 Å². The maximum absolute atomic E-state index is 12.8. The minimum absolute atomic E-state index is 0.00524. The van der Waals surface area contributed by atoms with Crippen LogP contribution in [0.2, 0.25) is 0 Å². The van der Waals surface area contributed by atoms with Crippen molar-refractivity contribution in [3.8, 4) is 5.75 Å². The molecular formula is C22H27N3O4. The average Bonchev–Trinajstić information content (AvgIpc) is 2.72. The van der Waals surface area contributed by atoms with Crippen LogP contribution in [-0.2, 0) is 5.41 Å². The van der Waals surface area contributed by atoms with Crippen molar-refractivity contribution in [1.29, 1.82) is 0 Å². The normalized spacial score (nSPS) is 14.6. The van der Waals surface area contributed by atoms with Gasteiger partial charge < -0.3 is 14.5 Å². The van der Waals surface area contributed by atoms with Crippen LogP contribution in [0.5, 0.6) is 5.75 Å². The monoisotopic (exact) mass is 397 g/mol. The molecule has 0 aromatic heterocycles. The number of carbonyl (C=O) groups excluding carboxylic acids is 1. The number of nitro benzene ring substituents is 1. The van der Waals surface area contributed by atoms with Gasteiger partial charge in [-0.3, -0.25) is 14.9 Å². The number of anilines is 1. The Morgan fingerprint density at radius 1 is 1.03 bits per heavy atom. The summed E-state index contributed by atoms with van der Waals surface area (Å²) in [6.07, 6.45) is 0. The smallest absolute Gasteiger partial charge is 0.296 e. The Labute approximate surface area is 171 Å². The van der Waals surface area contributed by atoms with Gasteiger partial charge in [-0.15, -0.1) is 0 Å². The highest BCUT2D eigenvalue weighted by molar-refractivity contribution is 5.94. The van der Waals surface area contributed by atoms with E-state index in [1.807, 2.05) is 29.2 Å². The number of benzene rings is 2. The van der Waals surface area contributed by atoms with Gasteiger partial charge in [0.1, 0.15) is 11.4 Å². The summed E-state index contributed by atoms with van der Waals surface area (Å²) in [6, 6.07) is 12.6. The molecular weight excluding hydrogens is 370 g/mol. The predicted molar refractivity (Wildman–Crippen MR) is 113 cm³/mol. The van der Waals surface area contributed by atoms with E-state index in [2.05, 4.69) is 20.8 Å². The van der Waals surface area contributed by atoms with Crippen molar-refractivity contribution >= 4 is 17.3 Å². The van der Waals surface area contributed by atoms with E-state index in [4.69, 9.17) is 4.74 Å². The number of piperazine rings is 1. The topological polar surface area (TPSA) is 75.9 Å². The second kappa shape index (κ2) is 8.11. The highest BCUT2D eigenvalue weighted by atomic mass is 16.6. The lowest BCUT2D eigenvalue weighted by Crippen LogP contribution is -2.49. The Balaban J connectivity index is 1.69. The summed E-state index contributed by atoms with van der Waals surface area (Å²) in [7, 11) is 1.48. The molecule has 1 amide bonds. The molecule has 1 fully saturated rings. The van der Waals surface area contributed by atoms with Gasteiger partial charge in [-0.1, -0.05) is 32.9 Å². The molecule has 0 spiro atoms.